The van der Waals surface area contributed by atoms with Crippen LogP contribution in [-0.4, -0.2) is 45.5 Å². The van der Waals surface area contributed by atoms with Gasteiger partial charge in [-0.2, -0.15) is 0 Å². The number of nitrogens with one attached hydrogen (secondary N) is 1. The minimum atomic E-state index is -0.413. The maximum Gasteiger partial charge on any atom is 0.254 e. The highest BCUT2D eigenvalue weighted by molar-refractivity contribution is 5.80. The molecule has 31 heavy (non-hydrogen) atoms. The van der Waals surface area contributed by atoms with Crippen molar-refractivity contribution in [2.75, 3.05) is 25.2 Å². The first kappa shape index (κ1) is 19.4. The number of benzene rings is 2. The predicted molar refractivity (Wildman–Crippen MR) is 118 cm³/mol. The minimum Gasteiger partial charge on any atom is -0.383 e. The van der Waals surface area contributed by atoms with Crippen molar-refractivity contribution in [1.82, 2.24) is 25.2 Å². The molecule has 0 saturated carbocycles. The monoisotopic (exact) mass is 416 g/mol. The Labute approximate surface area is 179 Å². The maximum atomic E-state index is 13.3. The third-order valence-corrected chi connectivity index (χ3v) is 5.87. The third kappa shape index (κ3) is 3.48. The molecular weight excluding hydrogens is 392 g/mol. The van der Waals surface area contributed by atoms with Gasteiger partial charge in [-0.3, -0.25) is 4.79 Å². The van der Waals surface area contributed by atoms with E-state index in [1.807, 2.05) is 37.3 Å². The zero-order valence-corrected chi connectivity index (χ0v) is 17.6. The van der Waals surface area contributed by atoms with Crippen LogP contribution in [0.1, 0.15) is 28.6 Å². The molecule has 1 aliphatic rings. The fraction of sp³-hybridized carbons (Fsp3) is 0.304. The van der Waals surface area contributed by atoms with Crippen LogP contribution in [0.15, 0.2) is 53.3 Å². The molecule has 0 unspecified atom stereocenters. The second-order valence-corrected chi connectivity index (χ2v) is 7.87. The number of tetrazole rings is 1. The van der Waals surface area contributed by atoms with Crippen LogP contribution >= 0.6 is 0 Å². The molecule has 1 aliphatic heterocycles. The number of hydrogen-bond donors (Lipinski definition) is 1. The van der Waals surface area contributed by atoms with Gasteiger partial charge >= 0.3 is 0 Å². The molecule has 0 saturated heterocycles. The Bertz CT molecular complexity index is 1290. The van der Waals surface area contributed by atoms with E-state index in [1.165, 1.54) is 5.56 Å². The number of aromatic amines is 1. The lowest BCUT2D eigenvalue weighted by molar-refractivity contribution is 0.181. The quantitative estimate of drug-likeness (QED) is 0.520. The first-order valence-corrected chi connectivity index (χ1v) is 10.4. The van der Waals surface area contributed by atoms with E-state index in [9.17, 15) is 4.79 Å². The van der Waals surface area contributed by atoms with Crippen molar-refractivity contribution in [3.05, 3.63) is 81.4 Å². The molecule has 0 amide bonds. The minimum absolute atomic E-state index is 0.132. The summed E-state index contributed by atoms with van der Waals surface area (Å²) in [5.74, 6) is 0.631. The Hall–Kier alpha value is -3.52. The lowest BCUT2D eigenvalue weighted by Crippen LogP contribution is -2.34. The molecule has 0 bridgehead atoms. The van der Waals surface area contributed by atoms with E-state index in [4.69, 9.17) is 4.74 Å². The SMILES string of the molecule is COCCn1nnnc1[C@@H](c1cc2cc(C)ccc2[nH]c1=O)N1CCc2ccccc21. The summed E-state index contributed by atoms with van der Waals surface area (Å²) in [6.45, 7) is 3.82. The molecular formula is C23H24N6O2. The van der Waals surface area contributed by atoms with Gasteiger partial charge in [-0.1, -0.05) is 29.8 Å². The Balaban J connectivity index is 1.70. The molecule has 0 fully saturated rings. The van der Waals surface area contributed by atoms with E-state index in [0.717, 1.165) is 35.1 Å². The van der Waals surface area contributed by atoms with Gasteiger partial charge in [-0.25, -0.2) is 4.68 Å². The number of aryl methyl sites for hydroxylation is 1. The highest BCUT2D eigenvalue weighted by atomic mass is 16.5. The van der Waals surface area contributed by atoms with Gasteiger partial charge in [0, 0.05) is 30.4 Å². The Morgan fingerprint density at radius 3 is 2.94 bits per heavy atom. The lowest BCUT2D eigenvalue weighted by Gasteiger charge is -2.29. The van der Waals surface area contributed by atoms with Crippen LogP contribution in [0.5, 0.6) is 0 Å². The van der Waals surface area contributed by atoms with Gasteiger partial charge < -0.3 is 14.6 Å². The molecule has 2 aromatic heterocycles. The summed E-state index contributed by atoms with van der Waals surface area (Å²) in [6, 6.07) is 15.9. The fourth-order valence-corrected chi connectivity index (χ4v) is 4.37. The number of para-hydroxylation sites is 1. The van der Waals surface area contributed by atoms with Gasteiger partial charge in [-0.15, -0.1) is 5.10 Å². The summed E-state index contributed by atoms with van der Waals surface area (Å²) in [5.41, 5.74) is 4.82. The van der Waals surface area contributed by atoms with Crippen molar-refractivity contribution in [1.29, 1.82) is 0 Å². The first-order chi connectivity index (χ1) is 15.2. The summed E-state index contributed by atoms with van der Waals surface area (Å²) >= 11 is 0. The van der Waals surface area contributed by atoms with Crippen LogP contribution < -0.4 is 10.5 Å². The zero-order valence-electron chi connectivity index (χ0n) is 17.6. The normalized spacial score (nSPS) is 14.2. The second-order valence-electron chi connectivity index (χ2n) is 7.87. The molecule has 1 atom stereocenters. The lowest BCUT2D eigenvalue weighted by atomic mass is 10.0. The highest BCUT2D eigenvalue weighted by Crippen LogP contribution is 2.37. The number of hydrogen-bond acceptors (Lipinski definition) is 6. The second kappa shape index (κ2) is 7.96. The largest absolute Gasteiger partial charge is 0.383 e. The number of H-pyrrole nitrogens is 1. The molecule has 3 heterocycles. The fourth-order valence-electron chi connectivity index (χ4n) is 4.37. The van der Waals surface area contributed by atoms with Gasteiger partial charge in [0.2, 0.25) is 0 Å². The van der Waals surface area contributed by atoms with Crippen LogP contribution in [-0.2, 0) is 17.7 Å². The number of methoxy groups -OCH3 is 1. The average molecular weight is 416 g/mol. The van der Waals surface area contributed by atoms with Crippen LogP contribution in [0.2, 0.25) is 0 Å². The summed E-state index contributed by atoms with van der Waals surface area (Å²) in [7, 11) is 1.65. The van der Waals surface area contributed by atoms with Crippen molar-refractivity contribution < 1.29 is 4.74 Å². The average Bonchev–Trinajstić information content (AvgIpc) is 3.41. The number of anilines is 1. The number of ether oxygens (including phenoxy) is 1. The Morgan fingerprint density at radius 1 is 1.19 bits per heavy atom. The van der Waals surface area contributed by atoms with E-state index >= 15 is 0 Å². The maximum absolute atomic E-state index is 13.3. The molecule has 0 spiro atoms. The van der Waals surface area contributed by atoms with Crippen molar-refractivity contribution in [3.8, 4) is 0 Å². The molecule has 1 N–H and O–H groups in total. The number of nitrogens with zero attached hydrogens (tertiary/aromatic N) is 5. The highest BCUT2D eigenvalue weighted by Gasteiger charge is 2.34. The van der Waals surface area contributed by atoms with Crippen molar-refractivity contribution in [3.63, 3.8) is 0 Å². The molecule has 4 aromatic rings. The molecule has 0 aliphatic carbocycles. The van der Waals surface area contributed by atoms with Crippen LogP contribution in [0.25, 0.3) is 10.9 Å². The molecule has 158 valence electrons. The van der Waals surface area contributed by atoms with Crippen LogP contribution in [0.4, 0.5) is 5.69 Å². The molecule has 0 radical (unpaired) electrons. The Kier molecular flexibility index (Phi) is 4.99. The standard InChI is InChI=1S/C23H24N6O2/c1-15-7-8-19-17(13-15)14-18(23(30)24-19)21(22-25-26-27-29(22)11-12-31-2)28-10-9-16-5-3-4-6-20(16)28/h3-8,13-14,21H,9-12H2,1-2H3,(H,24,30)/t21-/m1/s1. The summed E-state index contributed by atoms with van der Waals surface area (Å²) in [6.07, 6.45) is 0.914. The van der Waals surface area contributed by atoms with E-state index in [1.54, 1.807) is 11.8 Å². The zero-order chi connectivity index (χ0) is 21.4. The van der Waals surface area contributed by atoms with Crippen LogP contribution in [0, 0.1) is 6.92 Å². The smallest absolute Gasteiger partial charge is 0.254 e. The van der Waals surface area contributed by atoms with E-state index in [2.05, 4.69) is 43.6 Å². The van der Waals surface area contributed by atoms with Gasteiger partial charge in [0.25, 0.3) is 5.56 Å². The summed E-state index contributed by atoms with van der Waals surface area (Å²) in [4.78, 5) is 18.5. The van der Waals surface area contributed by atoms with Gasteiger partial charge in [0.05, 0.1) is 13.2 Å². The van der Waals surface area contributed by atoms with Crippen molar-refractivity contribution >= 4 is 16.6 Å². The number of pyridine rings is 1. The molecule has 8 heteroatoms. The van der Waals surface area contributed by atoms with E-state index in [0.29, 0.717) is 24.5 Å². The predicted octanol–water partition coefficient (Wildman–Crippen LogP) is 2.62. The van der Waals surface area contributed by atoms with Gasteiger partial charge in [0.1, 0.15) is 6.04 Å². The van der Waals surface area contributed by atoms with Crippen molar-refractivity contribution in [2.45, 2.75) is 25.9 Å². The summed E-state index contributed by atoms with van der Waals surface area (Å²) in [5, 5.41) is 13.4. The third-order valence-electron chi connectivity index (χ3n) is 5.87. The number of rotatable bonds is 6. The van der Waals surface area contributed by atoms with Gasteiger partial charge in [0.15, 0.2) is 5.82 Å². The number of fused-ring (bicyclic) bond motifs is 2. The van der Waals surface area contributed by atoms with Gasteiger partial charge in [-0.05, 0) is 59.0 Å². The molecule has 8 nitrogen and oxygen atoms in total. The molecule has 5 rings (SSSR count). The van der Waals surface area contributed by atoms with E-state index in [-0.39, 0.29) is 5.56 Å². The summed E-state index contributed by atoms with van der Waals surface area (Å²) < 4.78 is 6.97. The Morgan fingerprint density at radius 2 is 2.06 bits per heavy atom. The number of aromatic nitrogens is 5. The van der Waals surface area contributed by atoms with E-state index < -0.39 is 6.04 Å². The molecule has 2 aromatic carbocycles. The van der Waals surface area contributed by atoms with Crippen molar-refractivity contribution in [2.24, 2.45) is 0 Å². The first-order valence-electron chi connectivity index (χ1n) is 10.4. The topological polar surface area (TPSA) is 88.9 Å². The van der Waals surface area contributed by atoms with Crippen LogP contribution in [0.3, 0.4) is 0 Å².